The molecule has 0 radical (unpaired) electrons. The van der Waals surface area contributed by atoms with E-state index in [-0.39, 0.29) is 17.3 Å². The second-order valence-corrected chi connectivity index (χ2v) is 7.25. The molecule has 7 nitrogen and oxygen atoms in total. The number of nitrogens with zero attached hydrogens (tertiary/aromatic N) is 3. The van der Waals surface area contributed by atoms with E-state index >= 15 is 0 Å². The molecule has 0 aliphatic carbocycles. The first kappa shape index (κ1) is 17.9. The number of benzene rings is 1. The van der Waals surface area contributed by atoms with Gasteiger partial charge in [0.25, 0.3) is 0 Å². The van der Waals surface area contributed by atoms with E-state index in [1.807, 2.05) is 0 Å². The maximum Gasteiger partial charge on any atom is 0.328 e. The highest BCUT2D eigenvalue weighted by Crippen LogP contribution is 2.23. The Hall–Kier alpha value is -2.45. The third kappa shape index (κ3) is 3.54. The fourth-order valence-electron chi connectivity index (χ4n) is 3.34. The molecule has 0 amide bonds. The van der Waals surface area contributed by atoms with E-state index in [0.29, 0.717) is 28.6 Å². The van der Waals surface area contributed by atoms with Crippen molar-refractivity contribution in [3.63, 3.8) is 0 Å². The lowest BCUT2D eigenvalue weighted by atomic mass is 10.1. The van der Waals surface area contributed by atoms with Crippen molar-refractivity contribution in [3.05, 3.63) is 50.8 Å². The number of anilines is 1. The van der Waals surface area contributed by atoms with Crippen molar-refractivity contribution in [1.82, 2.24) is 24.8 Å². The average Bonchev–Trinajstić information content (AvgIpc) is 3.28. The van der Waals surface area contributed by atoms with Crippen LogP contribution in [0.3, 0.4) is 0 Å². The molecule has 0 saturated carbocycles. The minimum absolute atomic E-state index is 0.0330. The van der Waals surface area contributed by atoms with Gasteiger partial charge in [0.05, 0.1) is 17.8 Å². The second-order valence-electron chi connectivity index (χ2n) is 6.84. The predicted molar refractivity (Wildman–Crippen MR) is 103 cm³/mol. The number of nitrogens with one attached hydrogen (secondary N) is 3. The van der Waals surface area contributed by atoms with E-state index in [0.717, 1.165) is 31.6 Å². The van der Waals surface area contributed by atoms with Crippen LogP contribution in [0.1, 0.15) is 17.5 Å². The zero-order valence-corrected chi connectivity index (χ0v) is 15.6. The van der Waals surface area contributed by atoms with Crippen molar-refractivity contribution in [2.24, 2.45) is 5.92 Å². The van der Waals surface area contributed by atoms with E-state index in [2.05, 4.69) is 25.6 Å². The summed E-state index contributed by atoms with van der Waals surface area (Å²) in [6.07, 6.45) is 2.67. The summed E-state index contributed by atoms with van der Waals surface area (Å²) >= 11 is 5.90. The molecule has 1 fully saturated rings. The molecule has 1 aromatic carbocycles. The number of hydrogen-bond donors (Lipinski definition) is 3. The van der Waals surface area contributed by atoms with Crippen molar-refractivity contribution in [1.29, 1.82) is 0 Å². The van der Waals surface area contributed by atoms with Crippen molar-refractivity contribution in [3.8, 4) is 0 Å². The molecule has 1 aliphatic rings. The molecule has 9 heteroatoms. The number of hydrogen-bond acceptors (Lipinski definition) is 5. The molecule has 3 heterocycles. The first-order chi connectivity index (χ1) is 13.0. The maximum absolute atomic E-state index is 14.5. The number of halogens is 2. The Balaban J connectivity index is 1.66. The highest BCUT2D eigenvalue weighted by molar-refractivity contribution is 6.30. The third-order valence-electron chi connectivity index (χ3n) is 4.97. The fourth-order valence-corrected chi connectivity index (χ4v) is 3.52. The fraction of sp³-hybridized carbons (Fsp3) is 0.389. The minimum Gasteiger partial charge on any atom is -0.354 e. The summed E-state index contributed by atoms with van der Waals surface area (Å²) in [6.45, 7) is 4.58. The van der Waals surface area contributed by atoms with Crippen LogP contribution < -0.4 is 16.3 Å². The van der Waals surface area contributed by atoms with Crippen molar-refractivity contribution in [2.75, 3.05) is 25.0 Å². The number of aromatic amines is 1. The van der Waals surface area contributed by atoms with Crippen LogP contribution in [0.25, 0.3) is 11.2 Å². The SMILES string of the molecule is Cc1ccc(Cl)c(F)c1Cn1c(=O)[nH]c2cnc(NC[C@@H]3CCNC3)nc21. The maximum atomic E-state index is 14.5. The normalized spacial score (nSPS) is 16.9. The van der Waals surface area contributed by atoms with Gasteiger partial charge in [-0.05, 0) is 44.0 Å². The molecule has 1 aliphatic heterocycles. The van der Waals surface area contributed by atoms with Gasteiger partial charge in [-0.25, -0.2) is 14.2 Å². The molecule has 2 aromatic heterocycles. The predicted octanol–water partition coefficient (Wildman–Crippen LogP) is 2.29. The van der Waals surface area contributed by atoms with Gasteiger partial charge in [0.1, 0.15) is 11.3 Å². The standard InChI is InChI=1S/C18H20ClFN6O/c1-10-2-3-13(19)15(20)12(10)9-26-16-14(24-18(26)27)8-23-17(25-16)22-7-11-4-5-21-6-11/h2-3,8,11,21H,4-7,9H2,1H3,(H,24,27)(H,22,23,25)/t11-/m1/s1. The summed E-state index contributed by atoms with van der Waals surface area (Å²) in [5, 5.41) is 6.57. The molecule has 0 unspecified atom stereocenters. The first-order valence-corrected chi connectivity index (χ1v) is 9.24. The van der Waals surface area contributed by atoms with E-state index in [1.54, 1.807) is 19.2 Å². The van der Waals surface area contributed by atoms with Crippen molar-refractivity contribution >= 4 is 28.7 Å². The number of fused-ring (bicyclic) bond motifs is 1. The summed E-state index contributed by atoms with van der Waals surface area (Å²) in [5.74, 6) is 0.463. The van der Waals surface area contributed by atoms with Gasteiger partial charge in [-0.3, -0.25) is 4.57 Å². The van der Waals surface area contributed by atoms with Gasteiger partial charge in [0, 0.05) is 12.1 Å². The van der Waals surface area contributed by atoms with Gasteiger partial charge in [-0.2, -0.15) is 4.98 Å². The van der Waals surface area contributed by atoms with Crippen molar-refractivity contribution in [2.45, 2.75) is 19.9 Å². The second kappa shape index (κ2) is 7.28. The molecule has 3 aromatic rings. The number of H-pyrrole nitrogens is 1. The van der Waals surface area contributed by atoms with Gasteiger partial charge in [-0.15, -0.1) is 0 Å². The Morgan fingerprint density at radius 1 is 1.44 bits per heavy atom. The Morgan fingerprint density at radius 2 is 2.30 bits per heavy atom. The lowest BCUT2D eigenvalue weighted by Crippen LogP contribution is -2.20. The smallest absolute Gasteiger partial charge is 0.328 e. The summed E-state index contributed by atoms with van der Waals surface area (Å²) in [4.78, 5) is 23.8. The molecule has 4 rings (SSSR count). The molecular weight excluding hydrogens is 371 g/mol. The van der Waals surface area contributed by atoms with Crippen LogP contribution in [0, 0.1) is 18.7 Å². The van der Waals surface area contributed by atoms with E-state index in [1.165, 1.54) is 10.6 Å². The lowest BCUT2D eigenvalue weighted by molar-refractivity contribution is 0.596. The average molecular weight is 391 g/mol. The Labute approximate surface area is 160 Å². The summed E-state index contributed by atoms with van der Waals surface area (Å²) in [7, 11) is 0. The largest absolute Gasteiger partial charge is 0.354 e. The van der Waals surface area contributed by atoms with Gasteiger partial charge < -0.3 is 15.6 Å². The summed E-state index contributed by atoms with van der Waals surface area (Å²) < 4.78 is 15.9. The van der Waals surface area contributed by atoms with Gasteiger partial charge in [-0.1, -0.05) is 17.7 Å². The summed E-state index contributed by atoms with van der Waals surface area (Å²) in [6, 6.07) is 3.24. The monoisotopic (exact) mass is 390 g/mol. The topological polar surface area (TPSA) is 87.6 Å². The number of rotatable bonds is 5. The van der Waals surface area contributed by atoms with Gasteiger partial charge in [0.2, 0.25) is 5.95 Å². The molecule has 27 heavy (non-hydrogen) atoms. The highest BCUT2D eigenvalue weighted by Gasteiger charge is 2.17. The van der Waals surface area contributed by atoms with Crippen LogP contribution in [0.5, 0.6) is 0 Å². The molecule has 3 N–H and O–H groups in total. The van der Waals surface area contributed by atoms with E-state index in [9.17, 15) is 9.18 Å². The first-order valence-electron chi connectivity index (χ1n) is 8.86. The van der Waals surface area contributed by atoms with Crippen LogP contribution in [0.4, 0.5) is 10.3 Å². The van der Waals surface area contributed by atoms with Crippen LogP contribution in [-0.2, 0) is 6.54 Å². The zero-order chi connectivity index (χ0) is 19.0. The molecular formula is C18H20ClFN6O. The number of imidazole rings is 1. The number of aryl methyl sites for hydroxylation is 1. The third-order valence-corrected chi connectivity index (χ3v) is 5.26. The Bertz CT molecular complexity index is 1040. The zero-order valence-electron chi connectivity index (χ0n) is 14.9. The van der Waals surface area contributed by atoms with E-state index in [4.69, 9.17) is 11.6 Å². The Morgan fingerprint density at radius 3 is 3.07 bits per heavy atom. The van der Waals surface area contributed by atoms with Crippen LogP contribution in [-0.4, -0.2) is 39.2 Å². The number of aromatic nitrogens is 4. The molecule has 1 saturated heterocycles. The summed E-state index contributed by atoms with van der Waals surface area (Å²) in [5.41, 5.74) is 1.67. The van der Waals surface area contributed by atoms with E-state index < -0.39 is 5.82 Å². The van der Waals surface area contributed by atoms with Crippen molar-refractivity contribution < 1.29 is 4.39 Å². The molecule has 1 atom stereocenters. The molecule has 0 spiro atoms. The quantitative estimate of drug-likeness (QED) is 0.622. The van der Waals surface area contributed by atoms with Crippen LogP contribution in [0.2, 0.25) is 5.02 Å². The molecule has 0 bridgehead atoms. The van der Waals surface area contributed by atoms with Crippen LogP contribution >= 0.6 is 11.6 Å². The van der Waals surface area contributed by atoms with Crippen LogP contribution in [0.15, 0.2) is 23.1 Å². The minimum atomic E-state index is -0.515. The highest BCUT2D eigenvalue weighted by atomic mass is 35.5. The Kier molecular flexibility index (Phi) is 4.84. The lowest BCUT2D eigenvalue weighted by Gasteiger charge is -2.11. The van der Waals surface area contributed by atoms with Gasteiger partial charge >= 0.3 is 5.69 Å². The molecule has 142 valence electrons. The van der Waals surface area contributed by atoms with Gasteiger partial charge in [0.15, 0.2) is 5.65 Å².